The number of hydrogen-bond donors (Lipinski definition) is 1. The predicted octanol–water partition coefficient (Wildman–Crippen LogP) is 2.03. The summed E-state index contributed by atoms with van der Waals surface area (Å²) in [5.41, 5.74) is 1.94. The molecule has 86 valence electrons. The molecule has 1 N–H and O–H groups in total. The molecule has 0 saturated carbocycles. The number of aliphatic carboxylic acids is 1. The van der Waals surface area contributed by atoms with Crippen molar-refractivity contribution in [2.24, 2.45) is 0 Å². The second kappa shape index (κ2) is 5.12. The summed E-state index contributed by atoms with van der Waals surface area (Å²) in [5, 5.41) is 12.7. The van der Waals surface area contributed by atoms with Crippen LogP contribution in [-0.4, -0.2) is 20.9 Å². The molecule has 1 heterocycles. The van der Waals surface area contributed by atoms with E-state index in [4.69, 9.17) is 5.11 Å². The molecule has 0 unspecified atom stereocenters. The van der Waals surface area contributed by atoms with Crippen LogP contribution in [0.4, 0.5) is 0 Å². The molecule has 0 saturated heterocycles. The lowest BCUT2D eigenvalue weighted by atomic mass is 10.2. The van der Waals surface area contributed by atoms with Crippen molar-refractivity contribution in [1.82, 2.24) is 9.78 Å². The van der Waals surface area contributed by atoms with Crippen molar-refractivity contribution < 1.29 is 9.90 Å². The number of carbonyl (C=O) groups is 1. The quantitative estimate of drug-likeness (QED) is 0.814. The predicted molar refractivity (Wildman–Crippen MR) is 64.4 cm³/mol. The lowest BCUT2D eigenvalue weighted by molar-refractivity contribution is -0.131. The van der Waals surface area contributed by atoms with Gasteiger partial charge in [0, 0.05) is 17.8 Å². The Morgan fingerprint density at radius 1 is 1.35 bits per heavy atom. The van der Waals surface area contributed by atoms with Crippen LogP contribution in [0.5, 0.6) is 0 Å². The molecule has 0 fully saturated rings. The average Bonchev–Trinajstić information content (AvgIpc) is 2.75. The zero-order chi connectivity index (χ0) is 12.1. The van der Waals surface area contributed by atoms with Gasteiger partial charge < -0.3 is 5.11 Å². The van der Waals surface area contributed by atoms with Crippen molar-refractivity contribution in [1.29, 1.82) is 0 Å². The Hall–Kier alpha value is -2.36. The molecule has 0 aliphatic rings. The SMILES string of the molecule is O=C(O)/C=C/c1cnn(Cc2ccccc2)c1. The molecule has 0 aliphatic carbocycles. The molecule has 0 spiro atoms. The summed E-state index contributed by atoms with van der Waals surface area (Å²) in [6.07, 6.45) is 6.08. The van der Waals surface area contributed by atoms with E-state index in [-0.39, 0.29) is 0 Å². The van der Waals surface area contributed by atoms with Gasteiger partial charge in [0.2, 0.25) is 0 Å². The van der Waals surface area contributed by atoms with Gasteiger partial charge in [0.05, 0.1) is 12.7 Å². The molecule has 1 aromatic carbocycles. The topological polar surface area (TPSA) is 55.1 Å². The Bertz CT molecular complexity index is 529. The Labute approximate surface area is 98.8 Å². The van der Waals surface area contributed by atoms with Gasteiger partial charge in [0.1, 0.15) is 0 Å². The van der Waals surface area contributed by atoms with E-state index in [0.29, 0.717) is 6.54 Å². The maximum Gasteiger partial charge on any atom is 0.328 e. The molecular formula is C13H12N2O2. The number of nitrogens with zero attached hydrogens (tertiary/aromatic N) is 2. The fourth-order valence-electron chi connectivity index (χ4n) is 1.49. The highest BCUT2D eigenvalue weighted by Crippen LogP contribution is 2.05. The number of aromatic nitrogens is 2. The lowest BCUT2D eigenvalue weighted by Gasteiger charge is -2.00. The average molecular weight is 228 g/mol. The van der Waals surface area contributed by atoms with Crippen molar-refractivity contribution in [3.05, 3.63) is 59.9 Å². The fraction of sp³-hybridized carbons (Fsp3) is 0.0769. The second-order valence-electron chi connectivity index (χ2n) is 3.63. The molecule has 0 bridgehead atoms. The van der Waals surface area contributed by atoms with Gasteiger partial charge in [-0.3, -0.25) is 4.68 Å². The minimum absolute atomic E-state index is 0.682. The molecular weight excluding hydrogens is 216 g/mol. The zero-order valence-electron chi connectivity index (χ0n) is 9.15. The van der Waals surface area contributed by atoms with Crippen LogP contribution in [0.1, 0.15) is 11.1 Å². The highest BCUT2D eigenvalue weighted by molar-refractivity contribution is 5.85. The third-order valence-electron chi connectivity index (χ3n) is 2.26. The van der Waals surface area contributed by atoms with Crippen molar-refractivity contribution in [3.8, 4) is 0 Å². The minimum atomic E-state index is -0.958. The second-order valence-corrected chi connectivity index (χ2v) is 3.63. The monoisotopic (exact) mass is 228 g/mol. The van der Waals surface area contributed by atoms with Crippen LogP contribution >= 0.6 is 0 Å². The van der Waals surface area contributed by atoms with Gasteiger partial charge in [-0.05, 0) is 11.6 Å². The van der Waals surface area contributed by atoms with E-state index in [0.717, 1.165) is 17.2 Å². The third-order valence-corrected chi connectivity index (χ3v) is 2.26. The largest absolute Gasteiger partial charge is 0.478 e. The van der Waals surface area contributed by atoms with Gasteiger partial charge in [-0.2, -0.15) is 5.10 Å². The van der Waals surface area contributed by atoms with Gasteiger partial charge in [-0.25, -0.2) is 4.79 Å². The summed E-state index contributed by atoms with van der Waals surface area (Å²) >= 11 is 0. The molecule has 4 nitrogen and oxygen atoms in total. The number of hydrogen-bond acceptors (Lipinski definition) is 2. The highest BCUT2D eigenvalue weighted by Gasteiger charge is 1.97. The number of benzene rings is 1. The summed E-state index contributed by atoms with van der Waals surface area (Å²) in [5.74, 6) is -0.958. The van der Waals surface area contributed by atoms with E-state index in [9.17, 15) is 4.79 Å². The first kappa shape index (κ1) is 11.1. The van der Waals surface area contributed by atoms with E-state index in [1.165, 1.54) is 6.08 Å². The number of carboxylic acid groups (broad SMARTS) is 1. The van der Waals surface area contributed by atoms with Crippen LogP contribution in [0.15, 0.2) is 48.8 Å². The highest BCUT2D eigenvalue weighted by atomic mass is 16.4. The Morgan fingerprint density at radius 2 is 2.12 bits per heavy atom. The van der Waals surface area contributed by atoms with Crippen LogP contribution in [0.3, 0.4) is 0 Å². The normalized spacial score (nSPS) is 10.8. The van der Waals surface area contributed by atoms with Gasteiger partial charge in [-0.1, -0.05) is 30.3 Å². The Balaban J connectivity index is 2.06. The van der Waals surface area contributed by atoms with Gasteiger partial charge in [0.25, 0.3) is 0 Å². The molecule has 0 radical (unpaired) electrons. The first-order chi connectivity index (χ1) is 8.24. The smallest absolute Gasteiger partial charge is 0.328 e. The first-order valence-corrected chi connectivity index (χ1v) is 5.21. The van der Waals surface area contributed by atoms with Crippen LogP contribution in [0.25, 0.3) is 6.08 Å². The van der Waals surface area contributed by atoms with Crippen molar-refractivity contribution in [3.63, 3.8) is 0 Å². The first-order valence-electron chi connectivity index (χ1n) is 5.21. The standard InChI is InChI=1S/C13H12N2O2/c16-13(17)7-6-12-8-14-15(10-12)9-11-4-2-1-3-5-11/h1-8,10H,9H2,(H,16,17)/b7-6+. The van der Waals surface area contributed by atoms with Crippen LogP contribution < -0.4 is 0 Å². The minimum Gasteiger partial charge on any atom is -0.478 e. The summed E-state index contributed by atoms with van der Waals surface area (Å²) in [6.45, 7) is 0.682. The van der Waals surface area contributed by atoms with E-state index in [1.54, 1.807) is 10.9 Å². The Kier molecular flexibility index (Phi) is 3.35. The van der Waals surface area contributed by atoms with Gasteiger partial charge in [0.15, 0.2) is 0 Å². The van der Waals surface area contributed by atoms with E-state index in [1.807, 2.05) is 36.5 Å². The number of carboxylic acids is 1. The summed E-state index contributed by atoms with van der Waals surface area (Å²) in [6, 6.07) is 9.96. The molecule has 17 heavy (non-hydrogen) atoms. The molecule has 2 aromatic rings. The van der Waals surface area contributed by atoms with Crippen LogP contribution in [0, 0.1) is 0 Å². The summed E-state index contributed by atoms with van der Waals surface area (Å²) < 4.78 is 1.77. The van der Waals surface area contributed by atoms with Gasteiger partial charge in [-0.15, -0.1) is 0 Å². The summed E-state index contributed by atoms with van der Waals surface area (Å²) in [4.78, 5) is 10.4. The fourth-order valence-corrected chi connectivity index (χ4v) is 1.49. The van der Waals surface area contributed by atoms with Crippen molar-refractivity contribution in [2.45, 2.75) is 6.54 Å². The van der Waals surface area contributed by atoms with Crippen LogP contribution in [-0.2, 0) is 11.3 Å². The summed E-state index contributed by atoms with van der Waals surface area (Å²) in [7, 11) is 0. The van der Waals surface area contributed by atoms with E-state index >= 15 is 0 Å². The zero-order valence-corrected chi connectivity index (χ0v) is 9.15. The third kappa shape index (κ3) is 3.31. The maximum absolute atomic E-state index is 10.4. The van der Waals surface area contributed by atoms with Crippen molar-refractivity contribution >= 4 is 12.0 Å². The molecule has 0 aliphatic heterocycles. The molecule has 0 atom stereocenters. The molecule has 0 amide bonds. The molecule has 4 heteroatoms. The lowest BCUT2D eigenvalue weighted by Crippen LogP contribution is -1.99. The van der Waals surface area contributed by atoms with E-state index < -0.39 is 5.97 Å². The molecule has 1 aromatic heterocycles. The van der Waals surface area contributed by atoms with Gasteiger partial charge >= 0.3 is 5.97 Å². The van der Waals surface area contributed by atoms with E-state index in [2.05, 4.69) is 5.10 Å². The van der Waals surface area contributed by atoms with Crippen LogP contribution in [0.2, 0.25) is 0 Å². The number of rotatable bonds is 4. The van der Waals surface area contributed by atoms with Crippen molar-refractivity contribution in [2.75, 3.05) is 0 Å². The Morgan fingerprint density at radius 3 is 2.82 bits per heavy atom. The maximum atomic E-state index is 10.4. The molecule has 2 rings (SSSR count).